The summed E-state index contributed by atoms with van der Waals surface area (Å²) in [5.41, 5.74) is 6.02. The molecule has 0 radical (unpaired) electrons. The minimum Gasteiger partial charge on any atom is -0.490 e. The monoisotopic (exact) mass is 373 g/mol. The summed E-state index contributed by atoms with van der Waals surface area (Å²) in [6.07, 6.45) is 2.05. The Morgan fingerprint density at radius 2 is 2.11 bits per heavy atom. The minimum absolute atomic E-state index is 0.0618. The lowest BCUT2D eigenvalue weighted by molar-refractivity contribution is 0.0445. The van der Waals surface area contributed by atoms with Gasteiger partial charge in [-0.05, 0) is 25.0 Å². The second-order valence-corrected chi connectivity index (χ2v) is 6.32. The van der Waals surface area contributed by atoms with Crippen molar-refractivity contribution in [2.24, 2.45) is 0 Å². The second-order valence-electron chi connectivity index (χ2n) is 6.32. The van der Waals surface area contributed by atoms with Crippen LogP contribution in [0.3, 0.4) is 0 Å². The largest absolute Gasteiger partial charge is 0.490 e. The second kappa shape index (κ2) is 8.63. The van der Waals surface area contributed by atoms with Crippen molar-refractivity contribution in [3.05, 3.63) is 35.7 Å². The molecule has 1 aliphatic heterocycles. The highest BCUT2D eigenvalue weighted by Crippen LogP contribution is 2.21. The molecule has 1 unspecified atom stereocenters. The van der Waals surface area contributed by atoms with E-state index in [2.05, 4.69) is 15.0 Å². The van der Waals surface area contributed by atoms with Crippen molar-refractivity contribution in [1.29, 1.82) is 0 Å². The van der Waals surface area contributed by atoms with Crippen LogP contribution in [0.2, 0.25) is 0 Å². The van der Waals surface area contributed by atoms with Gasteiger partial charge in [0.15, 0.2) is 12.4 Å². The fraction of sp³-hybridized carbons (Fsp3) is 0.444. The number of aromatic nitrogens is 3. The number of rotatable bonds is 7. The van der Waals surface area contributed by atoms with E-state index in [0.717, 1.165) is 19.4 Å². The Bertz CT molecular complexity index is 793. The third-order valence-corrected chi connectivity index (χ3v) is 3.98. The maximum absolute atomic E-state index is 12.5. The van der Waals surface area contributed by atoms with E-state index >= 15 is 0 Å². The molecule has 1 atom stereocenters. The average molecular weight is 373 g/mol. The predicted molar refractivity (Wildman–Crippen MR) is 98.6 cm³/mol. The van der Waals surface area contributed by atoms with Crippen LogP contribution in [0.1, 0.15) is 29.0 Å². The van der Waals surface area contributed by atoms with Crippen LogP contribution in [-0.2, 0) is 16.1 Å². The highest BCUT2D eigenvalue weighted by atomic mass is 16.5. The first-order chi connectivity index (χ1) is 13.0. The standard InChI is InChI=1S/C18H23N5O4/c1-23(2)18-21-15(20-17(19)22-18)11-27-16(24)13-7-3-4-8-14(13)26-10-12-6-5-9-25-12/h3-4,7-8,12H,5-6,9-11H2,1-2H3,(H2,19,20,21,22). The first kappa shape index (κ1) is 18.8. The van der Waals surface area contributed by atoms with Gasteiger partial charge in [0.05, 0.1) is 6.10 Å². The summed E-state index contributed by atoms with van der Waals surface area (Å²) in [7, 11) is 3.57. The Morgan fingerprint density at radius 1 is 1.30 bits per heavy atom. The molecule has 1 aliphatic rings. The van der Waals surface area contributed by atoms with E-state index < -0.39 is 5.97 Å². The number of hydrogen-bond acceptors (Lipinski definition) is 9. The van der Waals surface area contributed by atoms with E-state index in [-0.39, 0.29) is 24.5 Å². The number of carbonyl (C=O) groups is 1. The molecule has 0 spiro atoms. The van der Waals surface area contributed by atoms with Crippen LogP contribution in [0.4, 0.5) is 11.9 Å². The number of anilines is 2. The normalized spacial score (nSPS) is 16.1. The van der Waals surface area contributed by atoms with Crippen molar-refractivity contribution >= 4 is 17.9 Å². The number of nitrogens with zero attached hydrogens (tertiary/aromatic N) is 4. The van der Waals surface area contributed by atoms with Crippen LogP contribution in [0.15, 0.2) is 24.3 Å². The Balaban J connectivity index is 1.64. The highest BCUT2D eigenvalue weighted by molar-refractivity contribution is 5.92. The lowest BCUT2D eigenvalue weighted by atomic mass is 10.2. The smallest absolute Gasteiger partial charge is 0.342 e. The summed E-state index contributed by atoms with van der Waals surface area (Å²) in [6.45, 7) is 1.04. The fourth-order valence-electron chi connectivity index (χ4n) is 2.62. The number of carbonyl (C=O) groups excluding carboxylic acids is 1. The number of benzene rings is 1. The lowest BCUT2D eigenvalue weighted by Gasteiger charge is -2.14. The Morgan fingerprint density at radius 3 is 2.85 bits per heavy atom. The molecule has 9 nitrogen and oxygen atoms in total. The molecule has 0 bridgehead atoms. The van der Waals surface area contributed by atoms with Crippen LogP contribution in [0.25, 0.3) is 0 Å². The molecule has 144 valence electrons. The molecule has 2 heterocycles. The minimum atomic E-state index is -0.525. The zero-order valence-corrected chi connectivity index (χ0v) is 15.4. The highest BCUT2D eigenvalue weighted by Gasteiger charge is 2.19. The molecular weight excluding hydrogens is 350 g/mol. The van der Waals surface area contributed by atoms with E-state index in [1.54, 1.807) is 43.3 Å². The summed E-state index contributed by atoms with van der Waals surface area (Å²) < 4.78 is 16.7. The van der Waals surface area contributed by atoms with Crippen molar-refractivity contribution in [3.8, 4) is 5.75 Å². The number of nitrogens with two attached hydrogens (primary N) is 1. The van der Waals surface area contributed by atoms with E-state index in [1.807, 2.05) is 0 Å². The van der Waals surface area contributed by atoms with Gasteiger partial charge in [0, 0.05) is 20.7 Å². The van der Waals surface area contributed by atoms with Crippen LogP contribution in [0.5, 0.6) is 5.75 Å². The third-order valence-electron chi connectivity index (χ3n) is 3.98. The number of nitrogen functional groups attached to an aromatic ring is 1. The van der Waals surface area contributed by atoms with E-state index in [0.29, 0.717) is 23.9 Å². The number of ether oxygens (including phenoxy) is 3. The van der Waals surface area contributed by atoms with Gasteiger partial charge in [0.2, 0.25) is 11.9 Å². The molecule has 1 aromatic carbocycles. The predicted octanol–water partition coefficient (Wildman–Crippen LogP) is 1.43. The van der Waals surface area contributed by atoms with Gasteiger partial charge in [-0.2, -0.15) is 15.0 Å². The first-order valence-electron chi connectivity index (χ1n) is 8.71. The third kappa shape index (κ3) is 5.04. The van der Waals surface area contributed by atoms with Crippen molar-refractivity contribution in [1.82, 2.24) is 15.0 Å². The van der Waals surface area contributed by atoms with E-state index in [9.17, 15) is 4.79 Å². The fourth-order valence-corrected chi connectivity index (χ4v) is 2.62. The molecule has 2 aromatic rings. The van der Waals surface area contributed by atoms with E-state index in [1.165, 1.54) is 0 Å². The van der Waals surface area contributed by atoms with Crippen molar-refractivity contribution in [2.45, 2.75) is 25.6 Å². The summed E-state index contributed by atoms with van der Waals surface area (Å²) >= 11 is 0. The lowest BCUT2D eigenvalue weighted by Crippen LogP contribution is -2.18. The SMILES string of the molecule is CN(C)c1nc(N)nc(COC(=O)c2ccccc2OCC2CCCO2)n1. The molecule has 1 aromatic heterocycles. The van der Waals surface area contributed by atoms with Crippen molar-refractivity contribution in [3.63, 3.8) is 0 Å². The number of hydrogen-bond donors (Lipinski definition) is 1. The quantitative estimate of drug-likeness (QED) is 0.720. The van der Waals surface area contributed by atoms with Crippen LogP contribution >= 0.6 is 0 Å². The van der Waals surface area contributed by atoms with Crippen LogP contribution in [-0.4, -0.2) is 54.3 Å². The molecular formula is C18H23N5O4. The molecule has 9 heteroatoms. The molecule has 27 heavy (non-hydrogen) atoms. The summed E-state index contributed by atoms with van der Waals surface area (Å²) in [6, 6.07) is 6.94. The van der Waals surface area contributed by atoms with Gasteiger partial charge in [-0.1, -0.05) is 12.1 Å². The van der Waals surface area contributed by atoms with Gasteiger partial charge in [-0.25, -0.2) is 4.79 Å². The number of esters is 1. The molecule has 1 fully saturated rings. The zero-order chi connectivity index (χ0) is 19.2. The van der Waals surface area contributed by atoms with Crippen LogP contribution in [0, 0.1) is 0 Å². The molecule has 2 N–H and O–H groups in total. The van der Waals surface area contributed by atoms with Crippen LogP contribution < -0.4 is 15.4 Å². The van der Waals surface area contributed by atoms with Crippen molar-refractivity contribution in [2.75, 3.05) is 37.9 Å². The van der Waals surface area contributed by atoms with Gasteiger partial charge in [0.25, 0.3) is 0 Å². The topological polar surface area (TPSA) is 113 Å². The zero-order valence-electron chi connectivity index (χ0n) is 15.4. The molecule has 0 aliphatic carbocycles. The van der Waals surface area contributed by atoms with Gasteiger partial charge < -0.3 is 24.8 Å². The molecule has 0 saturated carbocycles. The maximum atomic E-state index is 12.5. The number of para-hydroxylation sites is 1. The molecule has 1 saturated heterocycles. The van der Waals surface area contributed by atoms with Gasteiger partial charge in [0.1, 0.15) is 17.9 Å². The van der Waals surface area contributed by atoms with Gasteiger partial charge in [-0.15, -0.1) is 0 Å². The van der Waals surface area contributed by atoms with Gasteiger partial charge in [-0.3, -0.25) is 0 Å². The summed E-state index contributed by atoms with van der Waals surface area (Å²) in [4.78, 5) is 26.4. The Kier molecular flexibility index (Phi) is 6.02. The molecule has 0 amide bonds. The van der Waals surface area contributed by atoms with Gasteiger partial charge >= 0.3 is 5.97 Å². The Hall–Kier alpha value is -2.94. The van der Waals surface area contributed by atoms with Crippen molar-refractivity contribution < 1.29 is 19.0 Å². The average Bonchev–Trinajstić information content (AvgIpc) is 3.18. The van der Waals surface area contributed by atoms with E-state index in [4.69, 9.17) is 19.9 Å². The Labute approximate surface area is 157 Å². The molecule has 3 rings (SSSR count). The summed E-state index contributed by atoms with van der Waals surface area (Å²) in [5, 5.41) is 0. The maximum Gasteiger partial charge on any atom is 0.342 e. The summed E-state index contributed by atoms with van der Waals surface area (Å²) in [5.74, 6) is 0.677. The first-order valence-corrected chi connectivity index (χ1v) is 8.71.